The van der Waals surface area contributed by atoms with Gasteiger partial charge in [-0.1, -0.05) is 12.1 Å². The maximum Gasteiger partial charge on any atom is 0.336 e. The van der Waals surface area contributed by atoms with E-state index in [4.69, 9.17) is 4.74 Å². The third kappa shape index (κ3) is 4.15. The maximum atomic E-state index is 14.7. The lowest BCUT2D eigenvalue weighted by Crippen LogP contribution is -2.19. The summed E-state index contributed by atoms with van der Waals surface area (Å²) in [7, 11) is 1.42. The summed E-state index contributed by atoms with van der Waals surface area (Å²) < 4.78 is 48.1. The van der Waals surface area contributed by atoms with Gasteiger partial charge in [0, 0.05) is 5.39 Å². The van der Waals surface area contributed by atoms with Crippen LogP contribution in [0.2, 0.25) is 0 Å². The lowest BCUT2D eigenvalue weighted by molar-refractivity contribution is 0.0698. The van der Waals surface area contributed by atoms with Crippen molar-refractivity contribution < 1.29 is 32.6 Å². The molecule has 0 aliphatic heterocycles. The van der Waals surface area contributed by atoms with Crippen LogP contribution in [0.15, 0.2) is 54.6 Å². The van der Waals surface area contributed by atoms with Gasteiger partial charge >= 0.3 is 5.97 Å². The highest BCUT2D eigenvalue weighted by molar-refractivity contribution is 6.11. The molecule has 172 valence electrons. The van der Waals surface area contributed by atoms with Crippen molar-refractivity contribution in [1.82, 2.24) is 4.98 Å². The Morgan fingerprint density at radius 1 is 0.971 bits per heavy atom. The second-order valence-corrected chi connectivity index (χ2v) is 7.43. The van der Waals surface area contributed by atoms with Gasteiger partial charge in [-0.25, -0.2) is 22.9 Å². The predicted octanol–water partition coefficient (Wildman–Crippen LogP) is 5.59. The van der Waals surface area contributed by atoms with Gasteiger partial charge in [-0.15, -0.1) is 0 Å². The highest BCUT2D eigenvalue weighted by Gasteiger charge is 2.24. The third-order valence-corrected chi connectivity index (χ3v) is 5.30. The van der Waals surface area contributed by atoms with Gasteiger partial charge in [-0.05, 0) is 66.1 Å². The van der Waals surface area contributed by atoms with Crippen LogP contribution in [0, 0.1) is 24.4 Å². The molecule has 0 aliphatic rings. The molecule has 0 atom stereocenters. The molecule has 2 N–H and O–H groups in total. The number of carboxylic acids is 1. The largest absolute Gasteiger partial charge is 0.497 e. The number of methoxy groups -OCH3 is 1. The second-order valence-electron chi connectivity index (χ2n) is 7.43. The first-order chi connectivity index (χ1) is 16.2. The van der Waals surface area contributed by atoms with Gasteiger partial charge in [0.2, 0.25) is 0 Å². The molecule has 0 radical (unpaired) electrons. The Balaban J connectivity index is 1.75. The van der Waals surface area contributed by atoms with E-state index >= 15 is 0 Å². The average molecular weight is 466 g/mol. The van der Waals surface area contributed by atoms with E-state index in [0.717, 1.165) is 18.2 Å². The molecule has 0 saturated heterocycles. The Bertz CT molecular complexity index is 1450. The Kier molecular flexibility index (Phi) is 5.93. The van der Waals surface area contributed by atoms with E-state index in [9.17, 15) is 27.9 Å². The molecule has 0 spiro atoms. The van der Waals surface area contributed by atoms with Crippen LogP contribution < -0.4 is 10.1 Å². The van der Waals surface area contributed by atoms with Crippen molar-refractivity contribution in [3.05, 3.63) is 88.9 Å². The monoisotopic (exact) mass is 466 g/mol. The Labute approximate surface area is 191 Å². The number of nitrogens with zero attached hydrogens (tertiary/aromatic N) is 1. The van der Waals surface area contributed by atoms with Crippen molar-refractivity contribution in [3.8, 4) is 16.9 Å². The van der Waals surface area contributed by atoms with Gasteiger partial charge < -0.3 is 15.2 Å². The minimum atomic E-state index is -1.30. The summed E-state index contributed by atoms with van der Waals surface area (Å²) in [5, 5.41) is 12.1. The summed E-state index contributed by atoms with van der Waals surface area (Å²) in [6, 6.07) is 11.6. The number of anilines is 1. The topological polar surface area (TPSA) is 88.5 Å². The number of carbonyl (C=O) groups is 2. The summed E-state index contributed by atoms with van der Waals surface area (Å²) in [6.45, 7) is 1.38. The van der Waals surface area contributed by atoms with Crippen LogP contribution in [0.4, 0.5) is 18.9 Å². The molecule has 0 bridgehead atoms. The third-order valence-electron chi connectivity index (χ3n) is 5.30. The normalized spacial score (nSPS) is 10.9. The first-order valence-corrected chi connectivity index (χ1v) is 9.97. The predicted molar refractivity (Wildman–Crippen MR) is 120 cm³/mol. The Morgan fingerprint density at radius 3 is 2.29 bits per heavy atom. The van der Waals surface area contributed by atoms with Gasteiger partial charge in [0.05, 0.1) is 18.2 Å². The van der Waals surface area contributed by atoms with E-state index in [0.29, 0.717) is 5.75 Å². The number of carbonyl (C=O) groups excluding carboxylic acids is 1. The van der Waals surface area contributed by atoms with Gasteiger partial charge in [-0.2, -0.15) is 0 Å². The van der Waals surface area contributed by atoms with Crippen LogP contribution in [0.25, 0.3) is 22.0 Å². The van der Waals surface area contributed by atoms with Crippen molar-refractivity contribution in [3.63, 3.8) is 0 Å². The number of carboxylic acid groups (broad SMARTS) is 1. The van der Waals surface area contributed by atoms with E-state index < -0.39 is 35.0 Å². The zero-order valence-corrected chi connectivity index (χ0v) is 17.9. The number of hydrogen-bond donors (Lipinski definition) is 2. The van der Waals surface area contributed by atoms with Crippen molar-refractivity contribution in [1.29, 1.82) is 0 Å². The SMILES string of the molecule is COc1ccc2nc(C(=O)Nc3c(F)cc(-c4cccc(F)c4)cc3F)c(C)c(C(=O)O)c2c1. The molecule has 1 aromatic heterocycles. The zero-order valence-electron chi connectivity index (χ0n) is 17.9. The Morgan fingerprint density at radius 2 is 1.68 bits per heavy atom. The molecule has 0 fully saturated rings. The lowest BCUT2D eigenvalue weighted by Gasteiger charge is -2.14. The Hall–Kier alpha value is -4.40. The fourth-order valence-electron chi connectivity index (χ4n) is 3.66. The van der Waals surface area contributed by atoms with Crippen LogP contribution in [-0.2, 0) is 0 Å². The molecule has 4 aromatic rings. The number of amides is 1. The standard InChI is InChI=1S/C25H17F3N2O4/c1-12-21(25(32)33)17-11-16(34-2)6-7-20(17)29-22(12)24(31)30-23-18(27)9-14(10-19(23)28)13-4-3-5-15(26)8-13/h3-11H,1-2H3,(H,30,31)(H,32,33). The average Bonchev–Trinajstić information content (AvgIpc) is 2.80. The van der Waals surface area contributed by atoms with Crippen molar-refractivity contribution in [2.24, 2.45) is 0 Å². The minimum absolute atomic E-state index is 0.0166. The van der Waals surface area contributed by atoms with E-state index in [1.807, 2.05) is 0 Å². The second kappa shape index (κ2) is 8.86. The van der Waals surface area contributed by atoms with Crippen molar-refractivity contribution in [2.75, 3.05) is 12.4 Å². The number of ether oxygens (including phenoxy) is 1. The fourth-order valence-corrected chi connectivity index (χ4v) is 3.66. The molecular formula is C25H17F3N2O4. The van der Waals surface area contributed by atoms with Crippen LogP contribution >= 0.6 is 0 Å². The van der Waals surface area contributed by atoms with E-state index in [-0.39, 0.29) is 38.9 Å². The molecule has 9 heteroatoms. The first kappa shape index (κ1) is 22.8. The van der Waals surface area contributed by atoms with E-state index in [1.54, 1.807) is 6.07 Å². The number of nitrogens with one attached hydrogen (secondary N) is 1. The van der Waals surface area contributed by atoms with Crippen LogP contribution in [0.5, 0.6) is 5.75 Å². The zero-order chi connectivity index (χ0) is 24.6. The molecule has 1 heterocycles. The summed E-state index contributed by atoms with van der Waals surface area (Å²) in [5.74, 6) is -4.64. The number of aromatic nitrogens is 1. The summed E-state index contributed by atoms with van der Waals surface area (Å²) >= 11 is 0. The highest BCUT2D eigenvalue weighted by Crippen LogP contribution is 2.30. The first-order valence-electron chi connectivity index (χ1n) is 9.97. The van der Waals surface area contributed by atoms with Gasteiger partial charge in [0.1, 0.15) is 34.6 Å². The molecule has 0 unspecified atom stereocenters. The smallest absolute Gasteiger partial charge is 0.336 e. The van der Waals surface area contributed by atoms with Crippen LogP contribution in [0.3, 0.4) is 0 Å². The van der Waals surface area contributed by atoms with E-state index in [2.05, 4.69) is 10.3 Å². The maximum absolute atomic E-state index is 14.7. The minimum Gasteiger partial charge on any atom is -0.497 e. The lowest BCUT2D eigenvalue weighted by atomic mass is 10.0. The summed E-state index contributed by atoms with van der Waals surface area (Å²) in [6.07, 6.45) is 0. The molecule has 6 nitrogen and oxygen atoms in total. The summed E-state index contributed by atoms with van der Waals surface area (Å²) in [4.78, 5) is 29.0. The van der Waals surface area contributed by atoms with E-state index in [1.165, 1.54) is 44.4 Å². The molecule has 1 amide bonds. The van der Waals surface area contributed by atoms with Gasteiger partial charge in [0.25, 0.3) is 5.91 Å². The highest BCUT2D eigenvalue weighted by atomic mass is 19.1. The molecule has 34 heavy (non-hydrogen) atoms. The molecule has 0 saturated carbocycles. The van der Waals surface area contributed by atoms with Gasteiger partial charge in [-0.3, -0.25) is 4.79 Å². The van der Waals surface area contributed by atoms with Crippen LogP contribution in [0.1, 0.15) is 26.4 Å². The number of halogens is 3. The number of fused-ring (bicyclic) bond motifs is 1. The molecule has 3 aromatic carbocycles. The molecule has 0 aliphatic carbocycles. The number of hydrogen-bond acceptors (Lipinski definition) is 4. The van der Waals surface area contributed by atoms with Crippen molar-refractivity contribution >= 4 is 28.5 Å². The molecular weight excluding hydrogens is 449 g/mol. The number of aromatic carboxylic acids is 1. The van der Waals surface area contributed by atoms with Gasteiger partial charge in [0.15, 0.2) is 0 Å². The number of rotatable bonds is 5. The van der Waals surface area contributed by atoms with Crippen LogP contribution in [-0.4, -0.2) is 29.1 Å². The number of benzene rings is 3. The molecule has 4 rings (SSSR count). The fraction of sp³-hybridized carbons (Fsp3) is 0.0800. The summed E-state index contributed by atoms with van der Waals surface area (Å²) in [5.41, 5.74) is -0.685. The van der Waals surface area contributed by atoms with Crippen molar-refractivity contribution in [2.45, 2.75) is 6.92 Å². The quantitative estimate of drug-likeness (QED) is 0.401. The number of pyridine rings is 1.